The Hall–Kier alpha value is -1.93. The van der Waals surface area contributed by atoms with Crippen LogP contribution in [0, 0.1) is 5.92 Å². The number of benzene rings is 1. The summed E-state index contributed by atoms with van der Waals surface area (Å²) in [7, 11) is 3.66. The van der Waals surface area contributed by atoms with Crippen LogP contribution in [0.15, 0.2) is 29.3 Å². The number of alkyl halides is 2. The van der Waals surface area contributed by atoms with E-state index in [2.05, 4.69) is 15.0 Å². The molecule has 1 N–H and O–H groups in total. The van der Waals surface area contributed by atoms with Gasteiger partial charge in [-0.15, -0.1) is 0 Å². The van der Waals surface area contributed by atoms with Crippen molar-refractivity contribution in [1.82, 2.24) is 10.2 Å². The molecule has 2 rings (SSSR count). The minimum Gasteiger partial charge on any atom is -0.435 e. The van der Waals surface area contributed by atoms with Gasteiger partial charge in [-0.3, -0.25) is 4.99 Å². The summed E-state index contributed by atoms with van der Waals surface area (Å²) in [6.45, 7) is 1.68. The molecule has 152 valence electrons. The Morgan fingerprint density at radius 3 is 2.78 bits per heavy atom. The van der Waals surface area contributed by atoms with E-state index in [0.29, 0.717) is 19.1 Å². The zero-order valence-electron chi connectivity index (χ0n) is 16.0. The van der Waals surface area contributed by atoms with Crippen molar-refractivity contribution < 1.29 is 23.0 Å². The quantitative estimate of drug-likeness (QED) is 0.381. The Morgan fingerprint density at radius 1 is 1.37 bits per heavy atom. The van der Waals surface area contributed by atoms with Gasteiger partial charge < -0.3 is 24.4 Å². The van der Waals surface area contributed by atoms with Crippen molar-refractivity contribution in [3.05, 3.63) is 29.8 Å². The molecule has 1 heterocycles. The smallest absolute Gasteiger partial charge is 0.387 e. The van der Waals surface area contributed by atoms with Gasteiger partial charge in [0.1, 0.15) is 5.75 Å². The van der Waals surface area contributed by atoms with E-state index in [9.17, 15) is 8.78 Å². The second-order valence-electron chi connectivity index (χ2n) is 6.51. The summed E-state index contributed by atoms with van der Waals surface area (Å²) in [5.41, 5.74) is 0.976. The van der Waals surface area contributed by atoms with Gasteiger partial charge in [-0.05, 0) is 30.5 Å². The number of halogens is 2. The number of guanidine groups is 1. The minimum absolute atomic E-state index is 0.156. The van der Waals surface area contributed by atoms with E-state index in [-0.39, 0.29) is 5.75 Å². The maximum atomic E-state index is 12.2. The van der Waals surface area contributed by atoms with Crippen molar-refractivity contribution in [1.29, 1.82) is 0 Å². The normalized spacial score (nSPS) is 17.4. The molecule has 8 heteroatoms. The molecule has 6 nitrogen and oxygen atoms in total. The maximum absolute atomic E-state index is 12.2. The van der Waals surface area contributed by atoms with Gasteiger partial charge in [-0.25, -0.2) is 0 Å². The molecule has 1 unspecified atom stereocenters. The highest BCUT2D eigenvalue weighted by Gasteiger charge is 2.15. The van der Waals surface area contributed by atoms with Gasteiger partial charge in [-0.2, -0.15) is 8.78 Å². The number of nitrogens with zero attached hydrogens (tertiary/aromatic N) is 2. The third kappa shape index (κ3) is 8.09. The predicted octanol–water partition coefficient (Wildman–Crippen LogP) is 2.74. The summed E-state index contributed by atoms with van der Waals surface area (Å²) in [4.78, 5) is 6.24. The van der Waals surface area contributed by atoms with Gasteiger partial charge >= 0.3 is 6.61 Å². The number of hydrogen-bond donors (Lipinski definition) is 1. The monoisotopic (exact) mass is 385 g/mol. The van der Waals surface area contributed by atoms with Crippen molar-refractivity contribution in [2.45, 2.75) is 26.0 Å². The summed E-state index contributed by atoms with van der Waals surface area (Å²) < 4.78 is 39.8. The molecule has 1 aliphatic heterocycles. The molecule has 1 saturated heterocycles. The summed E-state index contributed by atoms with van der Waals surface area (Å²) in [5.74, 6) is 1.46. The van der Waals surface area contributed by atoms with Gasteiger partial charge in [0.2, 0.25) is 0 Å². The van der Waals surface area contributed by atoms with Crippen molar-refractivity contribution in [3.8, 4) is 5.75 Å². The fourth-order valence-electron chi connectivity index (χ4n) is 2.85. The zero-order chi connectivity index (χ0) is 19.5. The molecule has 27 heavy (non-hydrogen) atoms. The SMILES string of the molecule is CN=C(NCCCOCC1CCOC1)N(C)Cc1ccc(OC(F)F)cc1. The molecular formula is C19H29F2N3O3. The van der Waals surface area contributed by atoms with Gasteiger partial charge in [-0.1, -0.05) is 12.1 Å². The molecule has 0 amide bonds. The molecule has 0 aromatic heterocycles. The standard InChI is InChI=1S/C19H29F2N3O3/c1-22-19(23-9-3-10-25-13-16-8-11-26-14-16)24(2)12-15-4-6-17(7-5-15)27-18(20)21/h4-7,16,18H,3,8-14H2,1-2H3,(H,22,23). The Bertz CT molecular complexity index is 564. The first kappa shape index (κ1) is 21.4. The Morgan fingerprint density at radius 2 is 2.15 bits per heavy atom. The number of aliphatic imine (C=N–C) groups is 1. The molecule has 0 saturated carbocycles. The van der Waals surface area contributed by atoms with Crippen LogP contribution in [0.4, 0.5) is 8.78 Å². The third-order valence-electron chi connectivity index (χ3n) is 4.27. The van der Waals surface area contributed by atoms with Crippen LogP contribution in [0.2, 0.25) is 0 Å². The van der Waals surface area contributed by atoms with Crippen LogP contribution in [0.1, 0.15) is 18.4 Å². The van der Waals surface area contributed by atoms with Crippen LogP contribution in [-0.2, 0) is 16.0 Å². The van der Waals surface area contributed by atoms with E-state index in [4.69, 9.17) is 9.47 Å². The van der Waals surface area contributed by atoms with Crippen LogP contribution in [-0.4, -0.2) is 64.5 Å². The first-order valence-electron chi connectivity index (χ1n) is 9.19. The van der Waals surface area contributed by atoms with Crippen LogP contribution < -0.4 is 10.1 Å². The minimum atomic E-state index is -2.81. The van der Waals surface area contributed by atoms with Gasteiger partial charge in [0.25, 0.3) is 0 Å². The predicted molar refractivity (Wildman–Crippen MR) is 100 cm³/mol. The van der Waals surface area contributed by atoms with Crippen molar-refractivity contribution in [2.24, 2.45) is 10.9 Å². The van der Waals surface area contributed by atoms with Gasteiger partial charge in [0.15, 0.2) is 5.96 Å². The van der Waals surface area contributed by atoms with Crippen molar-refractivity contribution in [3.63, 3.8) is 0 Å². The number of rotatable bonds is 10. The van der Waals surface area contributed by atoms with Crippen LogP contribution in [0.3, 0.4) is 0 Å². The van der Waals surface area contributed by atoms with Crippen molar-refractivity contribution in [2.75, 3.05) is 47.1 Å². The maximum Gasteiger partial charge on any atom is 0.387 e. The number of nitrogens with one attached hydrogen (secondary N) is 1. The fourth-order valence-corrected chi connectivity index (χ4v) is 2.85. The zero-order valence-corrected chi connectivity index (χ0v) is 16.0. The summed E-state index contributed by atoms with van der Waals surface area (Å²) in [5, 5.41) is 3.30. The molecular weight excluding hydrogens is 356 g/mol. The average molecular weight is 385 g/mol. The molecule has 0 aliphatic carbocycles. The molecule has 0 spiro atoms. The van der Waals surface area contributed by atoms with Gasteiger partial charge in [0.05, 0.1) is 13.2 Å². The number of hydrogen-bond acceptors (Lipinski definition) is 4. The largest absolute Gasteiger partial charge is 0.435 e. The lowest BCUT2D eigenvalue weighted by Crippen LogP contribution is -2.39. The van der Waals surface area contributed by atoms with E-state index in [1.54, 1.807) is 19.2 Å². The fraction of sp³-hybridized carbons (Fsp3) is 0.632. The van der Waals surface area contributed by atoms with E-state index < -0.39 is 6.61 Å². The second kappa shape index (κ2) is 11.7. The Labute approximate surface area is 159 Å². The molecule has 1 aliphatic rings. The highest BCUT2D eigenvalue weighted by Crippen LogP contribution is 2.16. The molecule has 1 aromatic carbocycles. The average Bonchev–Trinajstić information content (AvgIpc) is 3.15. The molecule has 1 aromatic rings. The summed E-state index contributed by atoms with van der Waals surface area (Å²) >= 11 is 0. The lowest BCUT2D eigenvalue weighted by molar-refractivity contribution is -0.0498. The second-order valence-corrected chi connectivity index (χ2v) is 6.51. The lowest BCUT2D eigenvalue weighted by atomic mass is 10.1. The first-order valence-corrected chi connectivity index (χ1v) is 9.19. The van der Waals surface area contributed by atoms with E-state index in [1.165, 1.54) is 12.1 Å². The molecule has 1 atom stereocenters. The molecule has 0 bridgehead atoms. The lowest BCUT2D eigenvalue weighted by Gasteiger charge is -2.22. The van der Waals surface area contributed by atoms with Crippen LogP contribution >= 0.6 is 0 Å². The van der Waals surface area contributed by atoms with Crippen molar-refractivity contribution >= 4 is 5.96 Å². The first-order chi connectivity index (χ1) is 13.1. The third-order valence-corrected chi connectivity index (χ3v) is 4.27. The topological polar surface area (TPSA) is 55.3 Å². The van der Waals surface area contributed by atoms with Crippen LogP contribution in [0.5, 0.6) is 5.75 Å². The number of ether oxygens (including phenoxy) is 3. The molecule has 0 radical (unpaired) electrons. The Balaban J connectivity index is 1.64. The summed E-state index contributed by atoms with van der Waals surface area (Å²) in [6.07, 6.45) is 1.98. The van der Waals surface area contributed by atoms with Gasteiger partial charge in [0, 0.05) is 46.3 Å². The molecule has 1 fully saturated rings. The Kier molecular flexibility index (Phi) is 9.27. The van der Waals surface area contributed by atoms with E-state index in [0.717, 1.165) is 50.7 Å². The summed E-state index contributed by atoms with van der Waals surface area (Å²) in [6, 6.07) is 6.61. The van der Waals surface area contributed by atoms with E-state index >= 15 is 0 Å². The highest BCUT2D eigenvalue weighted by atomic mass is 19.3. The highest BCUT2D eigenvalue weighted by molar-refractivity contribution is 5.79. The van der Waals surface area contributed by atoms with E-state index in [1.807, 2.05) is 11.9 Å². The van der Waals surface area contributed by atoms with Crippen LogP contribution in [0.25, 0.3) is 0 Å².